The van der Waals surface area contributed by atoms with Gasteiger partial charge in [-0.1, -0.05) is 0 Å². The first-order chi connectivity index (χ1) is 13.0. The SMILES string of the molecule is CC(F)(F)c1nnc(Nc2cnc(C#N)cn2)cc1NC[C@H]1CNCCO1. The van der Waals surface area contributed by atoms with Gasteiger partial charge in [-0.15, -0.1) is 10.2 Å². The summed E-state index contributed by atoms with van der Waals surface area (Å²) in [5.74, 6) is -2.63. The number of rotatable bonds is 6. The highest BCUT2D eigenvalue weighted by Crippen LogP contribution is 2.32. The molecule has 0 radical (unpaired) electrons. The standard InChI is InChI=1S/C16H18F2N8O/c1-16(17,18)15-12(22-8-11-7-20-2-3-27-11)4-13(25-26-15)24-14-9-21-10(5-19)6-23-14/h4,6,9,11,20H,2-3,7-8H2,1H3,(H2,22,23,24,25)/t11-/m1/s1. The highest BCUT2D eigenvalue weighted by Gasteiger charge is 2.31. The van der Waals surface area contributed by atoms with Crippen molar-refractivity contribution in [3.8, 4) is 6.07 Å². The summed E-state index contributed by atoms with van der Waals surface area (Å²) < 4.78 is 33.3. The second-order valence-electron chi connectivity index (χ2n) is 5.98. The van der Waals surface area contributed by atoms with Gasteiger partial charge in [0.15, 0.2) is 17.2 Å². The molecule has 0 bridgehead atoms. The van der Waals surface area contributed by atoms with E-state index in [2.05, 4.69) is 36.1 Å². The Hall–Kier alpha value is -2.97. The first-order valence-corrected chi connectivity index (χ1v) is 8.27. The molecule has 11 heteroatoms. The van der Waals surface area contributed by atoms with Crippen LogP contribution in [-0.4, -0.2) is 52.5 Å². The Morgan fingerprint density at radius 3 is 2.81 bits per heavy atom. The summed E-state index contributed by atoms with van der Waals surface area (Å²) in [6.07, 6.45) is 2.50. The first kappa shape index (κ1) is 18.8. The quantitative estimate of drug-likeness (QED) is 0.687. The van der Waals surface area contributed by atoms with Crippen molar-refractivity contribution in [2.45, 2.75) is 19.0 Å². The molecule has 9 nitrogen and oxygen atoms in total. The van der Waals surface area contributed by atoms with Gasteiger partial charge in [-0.25, -0.2) is 9.97 Å². The summed E-state index contributed by atoms with van der Waals surface area (Å²) in [4.78, 5) is 7.88. The molecule has 0 saturated carbocycles. The summed E-state index contributed by atoms with van der Waals surface area (Å²) in [5.41, 5.74) is -0.144. The predicted octanol–water partition coefficient (Wildman–Crippen LogP) is 1.39. The Morgan fingerprint density at radius 2 is 2.19 bits per heavy atom. The van der Waals surface area contributed by atoms with Crippen LogP contribution in [0.25, 0.3) is 0 Å². The molecule has 1 atom stereocenters. The van der Waals surface area contributed by atoms with Crippen molar-refractivity contribution in [3.63, 3.8) is 0 Å². The molecule has 1 saturated heterocycles. The van der Waals surface area contributed by atoms with Crippen LogP contribution in [0.15, 0.2) is 18.5 Å². The fraction of sp³-hybridized carbons (Fsp3) is 0.438. The lowest BCUT2D eigenvalue weighted by Crippen LogP contribution is -2.42. The maximum atomic E-state index is 13.9. The summed E-state index contributed by atoms with van der Waals surface area (Å²) in [5, 5.41) is 25.2. The Labute approximate surface area is 154 Å². The Balaban J connectivity index is 1.77. The van der Waals surface area contributed by atoms with E-state index in [4.69, 9.17) is 10.00 Å². The number of hydrogen-bond acceptors (Lipinski definition) is 9. The molecule has 1 aliphatic rings. The molecular formula is C16H18F2N8O. The van der Waals surface area contributed by atoms with Crippen LogP contribution in [0.5, 0.6) is 0 Å². The van der Waals surface area contributed by atoms with Gasteiger partial charge in [0, 0.05) is 32.6 Å². The van der Waals surface area contributed by atoms with Gasteiger partial charge in [0.05, 0.1) is 30.8 Å². The Morgan fingerprint density at radius 1 is 1.33 bits per heavy atom. The minimum absolute atomic E-state index is 0.133. The van der Waals surface area contributed by atoms with E-state index in [1.54, 1.807) is 0 Å². The maximum absolute atomic E-state index is 13.9. The van der Waals surface area contributed by atoms with Gasteiger partial charge in [0.25, 0.3) is 5.92 Å². The lowest BCUT2D eigenvalue weighted by molar-refractivity contribution is 0.0123. The van der Waals surface area contributed by atoms with Gasteiger partial charge in [0.1, 0.15) is 11.9 Å². The fourth-order valence-electron chi connectivity index (χ4n) is 2.47. The molecule has 0 unspecified atom stereocenters. The number of nitrogens with zero attached hydrogens (tertiary/aromatic N) is 5. The van der Waals surface area contributed by atoms with Gasteiger partial charge in [0.2, 0.25) is 0 Å². The predicted molar refractivity (Wildman–Crippen MR) is 92.7 cm³/mol. The van der Waals surface area contributed by atoms with Crippen LogP contribution in [0, 0.1) is 11.3 Å². The van der Waals surface area contributed by atoms with Crippen molar-refractivity contribution in [2.24, 2.45) is 0 Å². The largest absolute Gasteiger partial charge is 0.381 e. The van der Waals surface area contributed by atoms with Crippen molar-refractivity contribution in [3.05, 3.63) is 29.8 Å². The highest BCUT2D eigenvalue weighted by atomic mass is 19.3. The van der Waals surface area contributed by atoms with Crippen LogP contribution < -0.4 is 16.0 Å². The molecule has 2 aromatic heterocycles. The number of hydrogen-bond donors (Lipinski definition) is 3. The number of alkyl halides is 2. The second-order valence-corrected chi connectivity index (χ2v) is 5.98. The summed E-state index contributed by atoms with van der Waals surface area (Å²) >= 11 is 0. The van der Waals surface area contributed by atoms with E-state index < -0.39 is 11.6 Å². The summed E-state index contributed by atoms with van der Waals surface area (Å²) in [7, 11) is 0. The molecule has 0 aliphatic carbocycles. The van der Waals surface area contributed by atoms with Crippen molar-refractivity contribution >= 4 is 17.3 Å². The van der Waals surface area contributed by atoms with E-state index in [1.807, 2.05) is 6.07 Å². The van der Waals surface area contributed by atoms with E-state index >= 15 is 0 Å². The maximum Gasteiger partial charge on any atom is 0.290 e. The van der Waals surface area contributed by atoms with E-state index in [0.717, 1.165) is 13.5 Å². The molecule has 27 heavy (non-hydrogen) atoms. The monoisotopic (exact) mass is 376 g/mol. The fourth-order valence-corrected chi connectivity index (χ4v) is 2.47. The molecule has 0 amide bonds. The average molecular weight is 376 g/mol. The molecule has 1 aliphatic heterocycles. The van der Waals surface area contributed by atoms with Gasteiger partial charge in [-0.3, -0.25) is 0 Å². The third-order valence-corrected chi connectivity index (χ3v) is 3.76. The first-order valence-electron chi connectivity index (χ1n) is 8.27. The molecule has 0 aromatic carbocycles. The van der Waals surface area contributed by atoms with Crippen molar-refractivity contribution < 1.29 is 13.5 Å². The molecule has 3 N–H and O–H groups in total. The molecule has 0 spiro atoms. The Bertz CT molecular complexity index is 813. The average Bonchev–Trinajstić information content (AvgIpc) is 2.67. The topological polar surface area (TPSA) is 121 Å². The van der Waals surface area contributed by atoms with Crippen LogP contribution in [0.4, 0.5) is 26.1 Å². The van der Waals surface area contributed by atoms with Gasteiger partial charge in [-0.2, -0.15) is 14.0 Å². The third kappa shape index (κ3) is 5.02. The van der Waals surface area contributed by atoms with Crippen LogP contribution >= 0.6 is 0 Å². The molecular weight excluding hydrogens is 358 g/mol. The smallest absolute Gasteiger partial charge is 0.290 e. The minimum atomic E-state index is -3.16. The molecule has 3 rings (SSSR count). The number of nitriles is 1. The van der Waals surface area contributed by atoms with Crippen LogP contribution in [0.1, 0.15) is 18.3 Å². The minimum Gasteiger partial charge on any atom is -0.381 e. The number of nitrogens with one attached hydrogen (secondary N) is 3. The summed E-state index contributed by atoms with van der Waals surface area (Å²) in [6, 6.07) is 3.29. The zero-order chi connectivity index (χ0) is 19.3. The number of halogens is 2. The zero-order valence-corrected chi connectivity index (χ0v) is 14.5. The molecule has 2 aromatic rings. The third-order valence-electron chi connectivity index (χ3n) is 3.76. The van der Waals surface area contributed by atoms with E-state index in [1.165, 1.54) is 18.5 Å². The number of ether oxygens (including phenoxy) is 1. The second kappa shape index (κ2) is 8.15. The van der Waals surface area contributed by atoms with E-state index in [0.29, 0.717) is 25.5 Å². The number of morpholine rings is 1. The molecule has 3 heterocycles. The van der Waals surface area contributed by atoms with Gasteiger partial charge >= 0.3 is 0 Å². The van der Waals surface area contributed by atoms with Gasteiger partial charge in [-0.05, 0) is 0 Å². The number of aromatic nitrogens is 4. The highest BCUT2D eigenvalue weighted by molar-refractivity contribution is 5.60. The lowest BCUT2D eigenvalue weighted by atomic mass is 10.2. The zero-order valence-electron chi connectivity index (χ0n) is 14.5. The van der Waals surface area contributed by atoms with Crippen molar-refractivity contribution in [2.75, 3.05) is 36.9 Å². The number of anilines is 3. The van der Waals surface area contributed by atoms with Crippen LogP contribution in [0.3, 0.4) is 0 Å². The molecule has 1 fully saturated rings. The van der Waals surface area contributed by atoms with Crippen LogP contribution in [0.2, 0.25) is 0 Å². The Kier molecular flexibility index (Phi) is 5.68. The van der Waals surface area contributed by atoms with E-state index in [9.17, 15) is 8.78 Å². The summed E-state index contributed by atoms with van der Waals surface area (Å²) in [6.45, 7) is 3.08. The molecule has 142 valence electrons. The lowest BCUT2D eigenvalue weighted by Gasteiger charge is -2.25. The van der Waals surface area contributed by atoms with Crippen molar-refractivity contribution in [1.29, 1.82) is 5.26 Å². The normalized spacial score (nSPS) is 17.2. The van der Waals surface area contributed by atoms with Crippen LogP contribution in [-0.2, 0) is 10.7 Å². The van der Waals surface area contributed by atoms with E-state index in [-0.39, 0.29) is 23.3 Å². The van der Waals surface area contributed by atoms with Crippen molar-refractivity contribution in [1.82, 2.24) is 25.5 Å². The van der Waals surface area contributed by atoms with Gasteiger partial charge < -0.3 is 20.7 Å².